The van der Waals surface area contributed by atoms with Crippen LogP contribution in [0.4, 0.5) is 0 Å². The number of aliphatic hydroxyl groups is 1. The van der Waals surface area contributed by atoms with Gasteiger partial charge in [-0.05, 0) is 123 Å². The molecule has 0 aromatic heterocycles. The van der Waals surface area contributed by atoms with Crippen molar-refractivity contribution in [3.05, 3.63) is 215 Å². The van der Waals surface area contributed by atoms with Gasteiger partial charge in [0.15, 0.2) is 35.7 Å². The summed E-state index contributed by atoms with van der Waals surface area (Å²) in [5, 5.41) is 27.3. The molecule has 0 saturated heterocycles. The third kappa shape index (κ3) is 79.5. The zero-order chi connectivity index (χ0) is 105. The summed E-state index contributed by atoms with van der Waals surface area (Å²) in [5.74, 6) is -5.11. The molecular weight excluding hydrogens is 1810 g/mol. The number of methoxy groups -OCH3 is 6. The molecule has 6 rings (SSSR count). The number of carbonyl (C=O) groups is 14. The van der Waals surface area contributed by atoms with Gasteiger partial charge < -0.3 is 99.0 Å². The number of esters is 6. The average Bonchev–Trinajstić information content (AvgIpc) is 0.871. The average molecular weight is 1960 g/mol. The molecule has 0 spiro atoms. The van der Waals surface area contributed by atoms with Crippen LogP contribution < -0.4 is 30.3 Å². The van der Waals surface area contributed by atoms with Crippen molar-refractivity contribution in [3.8, 4) is 0 Å². The molecule has 0 aliphatic rings. The first-order valence-electron chi connectivity index (χ1n) is 43.8. The van der Waals surface area contributed by atoms with E-state index in [-0.39, 0.29) is 157 Å². The number of amides is 1. The SMILES string of the molecule is CC(=O)CC(C)C(=O)O.CC(=O)CC(C)C=O.COC(=O)C(Cc1ccccc1)C(C)(C)C.COC(=O)C(Cc1ccccc1)C(C)(C)C.COC(=O)C(Cc1ccccc1)OCC(C)CC(C)=O.COC(=O)C(Cc1ccccc1)OCC(N)CC(=O)O.COC(=O)C(N)Cc1ccccc1.COC(=O)C(O)Cc1ccccc1.CON(C)C(=O)C(C)CC(C)=O.C[Si](C)=O.C[Si](C)=O.[AlH3].[H-].[Li+]. The topological polar surface area (TPSA) is 472 Å². The van der Waals surface area contributed by atoms with E-state index >= 15 is 0 Å². The van der Waals surface area contributed by atoms with Crippen molar-refractivity contribution in [2.24, 2.45) is 57.8 Å². The maximum Gasteiger partial charge on any atom is 1.00 e. The fourth-order valence-corrected chi connectivity index (χ4v) is 11.3. The number of hydrogen-bond acceptors (Lipinski definition) is 28. The summed E-state index contributed by atoms with van der Waals surface area (Å²) in [4.78, 5) is 157. The maximum atomic E-state index is 11.7. The van der Waals surface area contributed by atoms with E-state index in [1.165, 1.54) is 95.6 Å². The molecule has 0 radical (unpaired) electrons. The molecule has 11 atom stereocenters. The first kappa shape index (κ1) is 140. The number of hydrogen-bond donors (Lipinski definition) is 5. The summed E-state index contributed by atoms with van der Waals surface area (Å²) in [6.07, 6.45) is 2.46. The van der Waals surface area contributed by atoms with E-state index in [1.807, 2.05) is 189 Å². The van der Waals surface area contributed by atoms with Gasteiger partial charge in [-0.15, -0.1) is 0 Å². The van der Waals surface area contributed by atoms with Gasteiger partial charge in [0.05, 0.1) is 87.2 Å². The van der Waals surface area contributed by atoms with Gasteiger partial charge in [-0.1, -0.05) is 251 Å². The number of carboxylic acids is 2. The normalized spacial score (nSPS) is 12.4. The van der Waals surface area contributed by atoms with Crippen molar-refractivity contribution < 1.29 is 154 Å². The largest absolute Gasteiger partial charge is 1.00 e. The predicted molar refractivity (Wildman–Crippen MR) is 531 cm³/mol. The molecule has 0 aliphatic carbocycles. The third-order valence-corrected chi connectivity index (χ3v) is 18.3. The smallest absolute Gasteiger partial charge is 1.00 e. The van der Waals surface area contributed by atoms with Crippen molar-refractivity contribution in [2.75, 3.05) is 70.0 Å². The van der Waals surface area contributed by atoms with Gasteiger partial charge in [-0.2, -0.15) is 0 Å². The van der Waals surface area contributed by atoms with E-state index in [9.17, 15) is 81.2 Å². The molecule has 760 valence electrons. The Labute approximate surface area is 839 Å². The van der Waals surface area contributed by atoms with E-state index < -0.39 is 77.6 Å². The molecule has 0 fully saturated rings. The van der Waals surface area contributed by atoms with Crippen molar-refractivity contribution >= 4 is 118 Å². The number of ether oxygens (including phenoxy) is 8. The van der Waals surface area contributed by atoms with E-state index in [0.29, 0.717) is 45.1 Å². The number of carbonyl (C=O) groups excluding carboxylic acids is 12. The Morgan fingerprint density at radius 3 is 0.912 bits per heavy atom. The van der Waals surface area contributed by atoms with E-state index in [2.05, 4.69) is 60.6 Å². The van der Waals surface area contributed by atoms with Crippen molar-refractivity contribution in [3.63, 3.8) is 0 Å². The van der Waals surface area contributed by atoms with Crippen LogP contribution in [0.25, 0.3) is 0 Å². The number of hydroxylamine groups is 2. The Bertz CT molecular complexity index is 4140. The molecule has 0 bridgehead atoms. The second-order valence-electron chi connectivity index (χ2n) is 34.1. The number of ketones is 4. The molecule has 0 aliphatic heterocycles. The first-order chi connectivity index (χ1) is 63.1. The predicted octanol–water partition coefficient (Wildman–Crippen LogP) is 9.99. The van der Waals surface area contributed by atoms with Gasteiger partial charge in [0.1, 0.15) is 35.5 Å². The van der Waals surface area contributed by atoms with Crippen molar-refractivity contribution in [1.82, 2.24) is 5.06 Å². The zero-order valence-electron chi connectivity index (χ0n) is 86.1. The van der Waals surface area contributed by atoms with Gasteiger partial charge in [0, 0.05) is 69.9 Å². The molecule has 0 heterocycles. The number of carboxylic acid groups (broad SMARTS) is 2. The van der Waals surface area contributed by atoms with E-state index in [1.54, 1.807) is 47.0 Å². The van der Waals surface area contributed by atoms with Crippen LogP contribution in [-0.2, 0) is 157 Å². The molecule has 0 saturated carbocycles. The summed E-state index contributed by atoms with van der Waals surface area (Å²) in [5.41, 5.74) is 17.3. The minimum Gasteiger partial charge on any atom is -1.00 e. The Morgan fingerprint density at radius 2 is 0.672 bits per heavy atom. The van der Waals surface area contributed by atoms with E-state index in [4.69, 9.17) is 45.4 Å². The fraction of sp³-hybridized carbons (Fsp3) is 0.510. The number of Topliss-reactive ketones (excluding diaryl/α,β-unsaturated/α-hetero) is 4. The number of aliphatic carboxylic acids is 2. The van der Waals surface area contributed by atoms with Gasteiger partial charge in [0.2, 0.25) is 5.91 Å². The minimum atomic E-state index is -1.13. The van der Waals surface area contributed by atoms with Gasteiger partial charge in [0.25, 0.3) is 17.4 Å². The summed E-state index contributed by atoms with van der Waals surface area (Å²) in [7, 11) is 8.81. The van der Waals surface area contributed by atoms with Crippen molar-refractivity contribution in [2.45, 2.75) is 224 Å². The van der Waals surface area contributed by atoms with Crippen LogP contribution in [0.15, 0.2) is 182 Å². The van der Waals surface area contributed by atoms with Crippen molar-refractivity contribution in [1.29, 1.82) is 0 Å². The standard InChI is InChI=1S/C16H22O4.C14H19NO5.2C14H20O2.C10H13NO2.C10H12O3.C8H15NO3.C6H10O3.C6H10O2.2C2H6OSi.Al.Li.4H/c1-12(9-13(2)17)11-20-15(16(18)19-3)10-14-7-5-4-6-8-14;1-19-14(18)12(7-10-5-3-2-4-6-10)20-9-11(15)8-13(16)17;2*1-14(2,3)12(13(15)16-4)10-11-8-6-5-7-9-11;2*1-13-10(12)9(11)7-8-5-3-2-4-6-8;1-6(5-7(2)10)8(11)9(3)12-4;1-4(6(8)9)3-5(2)7;1-5(4-7)3-6(2)8;2*1-4(2)3;;;;;;/h4-8,12,15H,9-11H2,1-3H3;2-6,11-12H,7-9,15H2,1H3,(H,16,17);2*5-9,12H,10H2,1-4H3;2-6,9H,7,11H2,1H3;2-6,9,11H,7H2,1H3;6H,5H2,1-4H3;4H,3H2,1-2H3,(H,8,9);4-5H,3H2,1-2H3;2*1-2H3;;;;;;/q;;;;;;;;;;;;+1;;;;-1. The maximum absolute atomic E-state index is 11.7. The summed E-state index contributed by atoms with van der Waals surface area (Å²) in [6, 6.07) is 56.8. The molecule has 137 heavy (non-hydrogen) atoms. The molecule has 35 heteroatoms. The van der Waals surface area contributed by atoms with Crippen LogP contribution in [0.5, 0.6) is 0 Å². The molecule has 6 aromatic rings. The monoisotopic (exact) mass is 1960 g/mol. The number of nitrogens with zero attached hydrogens (tertiary/aromatic N) is 1. The molecule has 6 aromatic carbocycles. The minimum absolute atomic E-state index is 0. The Kier molecular flexibility index (Phi) is 84.6. The molecule has 7 N–H and O–H groups in total. The van der Waals surface area contributed by atoms with Crippen LogP contribution in [-0.4, -0.2) is 239 Å². The molecule has 11 unspecified atom stereocenters. The Hall–Kier alpha value is -10.2. The summed E-state index contributed by atoms with van der Waals surface area (Å²) in [6.45, 7) is 32.4. The fourth-order valence-electron chi connectivity index (χ4n) is 11.3. The Balaban J connectivity index is -0.000000229. The number of rotatable bonds is 38. The second-order valence-corrected chi connectivity index (χ2v) is 37.7. The summed E-state index contributed by atoms with van der Waals surface area (Å²) >= 11 is 0. The van der Waals surface area contributed by atoms with E-state index in [0.717, 1.165) is 46.4 Å². The number of benzene rings is 6. The molecule has 1 amide bonds. The third-order valence-electron chi connectivity index (χ3n) is 18.3. The van der Waals surface area contributed by atoms with Crippen LogP contribution >= 0.6 is 0 Å². The van der Waals surface area contributed by atoms with Crippen LogP contribution in [0.3, 0.4) is 0 Å². The van der Waals surface area contributed by atoms with Gasteiger partial charge in [-0.3, -0.25) is 33.6 Å². The zero-order valence-corrected chi connectivity index (χ0v) is 87.1. The van der Waals surface area contributed by atoms with Gasteiger partial charge >= 0.3 is 66.6 Å². The summed E-state index contributed by atoms with van der Waals surface area (Å²) < 4.78 is 58.4. The van der Waals surface area contributed by atoms with Crippen LogP contribution in [0, 0.1) is 46.3 Å². The number of nitrogens with two attached hydrogens (primary N) is 2. The van der Waals surface area contributed by atoms with Crippen LogP contribution in [0.2, 0.25) is 26.2 Å². The quantitative estimate of drug-likeness (QED) is 0.00790. The second kappa shape index (κ2) is 82.9. The molecular formula is C102H157AlLiN3O28Si2. The number of aldehydes is 1. The van der Waals surface area contributed by atoms with Crippen LogP contribution in [0.1, 0.15) is 164 Å². The molecule has 31 nitrogen and oxygen atoms in total. The first-order valence-corrected chi connectivity index (χ1v) is 48.7. The van der Waals surface area contributed by atoms with Gasteiger partial charge in [-0.25, -0.2) is 19.4 Å². The number of aliphatic hydroxyl groups excluding tert-OH is 1. The Morgan fingerprint density at radius 1 is 0.401 bits per heavy atom.